The van der Waals surface area contributed by atoms with Crippen LogP contribution in [0.25, 0.3) is 22.6 Å². The molecular formula is C20H16NO3+. The maximum absolute atomic E-state index is 9.31. The Morgan fingerprint density at radius 1 is 0.750 bits per heavy atom. The number of nitrogens with zero attached hydrogens (tertiary/aromatic N) is 1. The minimum absolute atomic E-state index is 0.540. The quantitative estimate of drug-likeness (QED) is 0.649. The molecular weight excluding hydrogens is 302 g/mol. The van der Waals surface area contributed by atoms with E-state index in [1.165, 1.54) is 0 Å². The molecule has 3 rings (SSSR count). The van der Waals surface area contributed by atoms with Gasteiger partial charge in [0.15, 0.2) is 0 Å². The third-order valence-electron chi connectivity index (χ3n) is 3.67. The van der Waals surface area contributed by atoms with Crippen LogP contribution in [0, 0.1) is 11.3 Å². The van der Waals surface area contributed by atoms with Crippen LogP contribution in [0.15, 0.2) is 65.1 Å². The predicted molar refractivity (Wildman–Crippen MR) is 91.8 cm³/mol. The number of methoxy groups -OCH3 is 2. The minimum atomic E-state index is 0.540. The number of ether oxygens (including phenoxy) is 2. The summed E-state index contributed by atoms with van der Waals surface area (Å²) >= 11 is 0. The Labute approximate surface area is 140 Å². The Morgan fingerprint density at radius 3 is 1.50 bits per heavy atom. The molecule has 0 saturated carbocycles. The molecule has 0 fully saturated rings. The summed E-state index contributed by atoms with van der Waals surface area (Å²) in [7, 11) is 3.24. The molecule has 0 N–H and O–H groups in total. The van der Waals surface area contributed by atoms with Gasteiger partial charge in [-0.2, -0.15) is 5.26 Å². The number of hydrogen-bond donors (Lipinski definition) is 0. The Hall–Kier alpha value is -3.32. The van der Waals surface area contributed by atoms with Crippen molar-refractivity contribution in [2.24, 2.45) is 0 Å². The van der Waals surface area contributed by atoms with Gasteiger partial charge in [0.25, 0.3) is 0 Å². The zero-order valence-corrected chi connectivity index (χ0v) is 13.4. The van der Waals surface area contributed by atoms with Crippen molar-refractivity contribution in [3.8, 4) is 40.2 Å². The molecule has 0 amide bonds. The number of rotatable bonds is 4. The summed E-state index contributed by atoms with van der Waals surface area (Å²) in [5.41, 5.74) is 2.29. The lowest BCUT2D eigenvalue weighted by Gasteiger charge is -2.00. The van der Waals surface area contributed by atoms with E-state index in [1.54, 1.807) is 26.4 Å². The molecule has 3 aromatic rings. The lowest BCUT2D eigenvalue weighted by molar-refractivity contribution is 0.415. The van der Waals surface area contributed by atoms with Crippen molar-refractivity contribution in [1.29, 1.82) is 5.26 Å². The van der Waals surface area contributed by atoms with Gasteiger partial charge in [-0.05, 0) is 48.5 Å². The van der Waals surface area contributed by atoms with Crippen molar-refractivity contribution >= 4 is 0 Å². The predicted octanol–water partition coefficient (Wildman–Crippen LogP) is 4.78. The standard InChI is InChI=1S/C20H16NO3/c1-22-17-7-3-15(4-8-17)19-11-14(13-21)12-20(24-19)16-5-9-18(23-2)10-6-16/h3-12H,1-2H3/q+1. The van der Waals surface area contributed by atoms with Gasteiger partial charge in [0.2, 0.25) is 0 Å². The molecule has 0 aliphatic rings. The molecule has 0 saturated heterocycles. The highest BCUT2D eigenvalue weighted by Crippen LogP contribution is 2.30. The van der Waals surface area contributed by atoms with E-state index in [1.807, 2.05) is 48.5 Å². The van der Waals surface area contributed by atoms with Crippen LogP contribution in [-0.2, 0) is 0 Å². The lowest BCUT2D eigenvalue weighted by Crippen LogP contribution is -1.87. The van der Waals surface area contributed by atoms with Gasteiger partial charge in [-0.25, -0.2) is 4.42 Å². The average molecular weight is 318 g/mol. The zero-order valence-electron chi connectivity index (χ0n) is 13.4. The number of benzene rings is 2. The summed E-state index contributed by atoms with van der Waals surface area (Å²) in [6, 6.07) is 20.7. The van der Waals surface area contributed by atoms with Gasteiger partial charge in [0.05, 0.1) is 49.1 Å². The molecule has 118 valence electrons. The minimum Gasteiger partial charge on any atom is -0.497 e. The fourth-order valence-electron chi connectivity index (χ4n) is 2.36. The van der Waals surface area contributed by atoms with E-state index in [-0.39, 0.29) is 0 Å². The monoisotopic (exact) mass is 318 g/mol. The van der Waals surface area contributed by atoms with Crippen LogP contribution < -0.4 is 9.47 Å². The molecule has 0 unspecified atom stereocenters. The smallest absolute Gasteiger partial charge is 0.362 e. The van der Waals surface area contributed by atoms with Crippen molar-refractivity contribution in [2.45, 2.75) is 0 Å². The second-order valence-electron chi connectivity index (χ2n) is 5.14. The van der Waals surface area contributed by atoms with Crippen LogP contribution in [0.3, 0.4) is 0 Å². The first kappa shape index (κ1) is 15.6. The molecule has 1 heterocycles. The first-order valence-corrected chi connectivity index (χ1v) is 7.40. The van der Waals surface area contributed by atoms with Crippen LogP contribution in [-0.4, -0.2) is 14.2 Å². The molecule has 0 radical (unpaired) electrons. The molecule has 4 nitrogen and oxygen atoms in total. The Bertz CT molecular complexity index is 813. The fourth-order valence-corrected chi connectivity index (χ4v) is 2.36. The summed E-state index contributed by atoms with van der Waals surface area (Å²) in [6.45, 7) is 0. The third-order valence-corrected chi connectivity index (χ3v) is 3.67. The zero-order chi connectivity index (χ0) is 16.9. The van der Waals surface area contributed by atoms with E-state index >= 15 is 0 Å². The van der Waals surface area contributed by atoms with Crippen LogP contribution >= 0.6 is 0 Å². The summed E-state index contributed by atoms with van der Waals surface area (Å²) in [5.74, 6) is 2.79. The summed E-state index contributed by atoms with van der Waals surface area (Å²) in [4.78, 5) is 0. The van der Waals surface area contributed by atoms with E-state index in [9.17, 15) is 5.26 Å². The highest BCUT2D eigenvalue weighted by molar-refractivity contribution is 5.66. The highest BCUT2D eigenvalue weighted by Gasteiger charge is 2.20. The van der Waals surface area contributed by atoms with Gasteiger partial charge < -0.3 is 9.47 Å². The van der Waals surface area contributed by atoms with Crippen LogP contribution in [0.2, 0.25) is 0 Å². The van der Waals surface area contributed by atoms with Crippen molar-refractivity contribution in [2.75, 3.05) is 14.2 Å². The molecule has 4 heteroatoms. The topological polar surface area (TPSA) is 53.5 Å². The highest BCUT2D eigenvalue weighted by atomic mass is 16.5. The molecule has 0 aliphatic heterocycles. The maximum atomic E-state index is 9.31. The molecule has 2 aromatic carbocycles. The van der Waals surface area contributed by atoms with Crippen LogP contribution in [0.5, 0.6) is 11.5 Å². The fraction of sp³-hybridized carbons (Fsp3) is 0.100. The van der Waals surface area contributed by atoms with Crippen molar-refractivity contribution in [3.63, 3.8) is 0 Å². The van der Waals surface area contributed by atoms with E-state index in [2.05, 4.69) is 6.07 Å². The second kappa shape index (κ2) is 6.84. The summed E-state index contributed by atoms with van der Waals surface area (Å²) in [6.07, 6.45) is 0. The number of nitriles is 1. The number of hydrogen-bond acceptors (Lipinski definition) is 3. The van der Waals surface area contributed by atoms with E-state index in [0.717, 1.165) is 22.6 Å². The Kier molecular flexibility index (Phi) is 4.44. The van der Waals surface area contributed by atoms with E-state index in [4.69, 9.17) is 13.9 Å². The van der Waals surface area contributed by atoms with Gasteiger partial charge in [-0.15, -0.1) is 0 Å². The molecule has 0 aliphatic carbocycles. The SMILES string of the molecule is COc1ccc(-c2cc(C#N)cc(-c3ccc(OC)cc3)[o+]2)cc1. The van der Waals surface area contributed by atoms with E-state index < -0.39 is 0 Å². The Morgan fingerprint density at radius 2 is 1.17 bits per heavy atom. The Balaban J connectivity index is 2.05. The van der Waals surface area contributed by atoms with Crippen molar-refractivity contribution in [3.05, 3.63) is 66.2 Å². The van der Waals surface area contributed by atoms with Gasteiger partial charge in [0.1, 0.15) is 11.5 Å². The molecule has 0 atom stereocenters. The van der Waals surface area contributed by atoms with Gasteiger partial charge in [0, 0.05) is 0 Å². The molecule has 0 bridgehead atoms. The molecule has 0 spiro atoms. The summed E-state index contributed by atoms with van der Waals surface area (Å²) < 4.78 is 16.3. The largest absolute Gasteiger partial charge is 0.497 e. The second-order valence-corrected chi connectivity index (χ2v) is 5.14. The van der Waals surface area contributed by atoms with Gasteiger partial charge in [-0.3, -0.25) is 0 Å². The normalized spacial score (nSPS) is 10.0. The first-order valence-electron chi connectivity index (χ1n) is 7.40. The molecule has 1 aromatic heterocycles. The van der Waals surface area contributed by atoms with Gasteiger partial charge in [-0.1, -0.05) is 0 Å². The van der Waals surface area contributed by atoms with Crippen molar-refractivity contribution in [1.82, 2.24) is 0 Å². The maximum Gasteiger partial charge on any atom is 0.362 e. The van der Waals surface area contributed by atoms with Gasteiger partial charge >= 0.3 is 11.5 Å². The lowest BCUT2D eigenvalue weighted by atomic mass is 10.1. The van der Waals surface area contributed by atoms with E-state index in [0.29, 0.717) is 17.1 Å². The average Bonchev–Trinajstić information content (AvgIpc) is 2.67. The molecule has 24 heavy (non-hydrogen) atoms. The van der Waals surface area contributed by atoms with Crippen LogP contribution in [0.4, 0.5) is 0 Å². The van der Waals surface area contributed by atoms with Crippen LogP contribution in [0.1, 0.15) is 5.56 Å². The third kappa shape index (κ3) is 3.21. The first-order chi connectivity index (χ1) is 11.7. The van der Waals surface area contributed by atoms with Crippen molar-refractivity contribution < 1.29 is 13.9 Å². The summed E-state index contributed by atoms with van der Waals surface area (Å²) in [5, 5.41) is 9.31.